The highest BCUT2D eigenvalue weighted by Crippen LogP contribution is 2.63. The van der Waals surface area contributed by atoms with Gasteiger partial charge in [0.05, 0.1) is 42.1 Å². The molecule has 14 nitrogen and oxygen atoms in total. The van der Waals surface area contributed by atoms with Crippen LogP contribution in [0, 0.1) is 22.7 Å². The first-order valence-corrected chi connectivity index (χ1v) is 17.5. The van der Waals surface area contributed by atoms with E-state index in [4.69, 9.17) is 18.6 Å². The van der Waals surface area contributed by atoms with E-state index in [0.717, 1.165) is 0 Å². The number of benzene rings is 1. The number of nitrogens with one attached hydrogen (secondary N) is 1. The Morgan fingerprint density at radius 2 is 1.67 bits per heavy atom. The van der Waals surface area contributed by atoms with Crippen molar-refractivity contribution < 1.29 is 63.3 Å². The third-order valence-electron chi connectivity index (χ3n) is 12.2. The van der Waals surface area contributed by atoms with Gasteiger partial charge in [-0.25, -0.2) is 9.59 Å². The molecule has 9 unspecified atom stereocenters. The summed E-state index contributed by atoms with van der Waals surface area (Å²) >= 11 is 0. The van der Waals surface area contributed by atoms with Crippen LogP contribution >= 0.6 is 0 Å². The molecule has 282 valence electrons. The number of amides is 1. The van der Waals surface area contributed by atoms with Crippen LogP contribution in [0.15, 0.2) is 64.3 Å². The van der Waals surface area contributed by atoms with Gasteiger partial charge in [0.2, 0.25) is 0 Å². The summed E-state index contributed by atoms with van der Waals surface area (Å²) in [5.41, 5.74) is -7.43. The molecule has 2 bridgehead atoms. The molecule has 1 aliphatic heterocycles. The van der Waals surface area contributed by atoms with Crippen LogP contribution in [0.2, 0.25) is 0 Å². The molecule has 1 aromatic heterocycles. The largest absolute Gasteiger partial charge is 0.459 e. The summed E-state index contributed by atoms with van der Waals surface area (Å²) in [4.78, 5) is 55.0. The molecule has 2 heterocycles. The molecule has 6 rings (SSSR count). The highest BCUT2D eigenvalue weighted by Gasteiger charge is 2.76. The lowest BCUT2D eigenvalue weighted by molar-refractivity contribution is -0.343. The number of Topliss-reactive ketones (excluding diaryl/α,β-unsaturated/α-hetero) is 1. The molecular formula is C38H47NO13. The van der Waals surface area contributed by atoms with Crippen LogP contribution in [0.1, 0.15) is 75.3 Å². The predicted octanol–water partition coefficient (Wildman–Crippen LogP) is 1.47. The summed E-state index contributed by atoms with van der Waals surface area (Å²) in [5, 5.41) is 62.7. The molecular weight excluding hydrogens is 678 g/mol. The molecule has 14 heteroatoms. The molecule has 3 fully saturated rings. The fraction of sp³-hybridized carbons (Fsp3) is 0.579. The fourth-order valence-corrected chi connectivity index (χ4v) is 8.97. The van der Waals surface area contributed by atoms with Crippen molar-refractivity contribution in [1.29, 1.82) is 0 Å². The second-order valence-corrected chi connectivity index (χ2v) is 15.7. The van der Waals surface area contributed by atoms with Gasteiger partial charge in [0.1, 0.15) is 29.5 Å². The van der Waals surface area contributed by atoms with Crippen molar-refractivity contribution in [2.45, 2.75) is 108 Å². The Kier molecular flexibility index (Phi) is 9.59. The third-order valence-corrected chi connectivity index (χ3v) is 12.2. The monoisotopic (exact) mass is 725 g/mol. The lowest BCUT2D eigenvalue weighted by Gasteiger charge is -2.66. The van der Waals surface area contributed by atoms with E-state index in [1.54, 1.807) is 45.9 Å². The topological polar surface area (TPSA) is 222 Å². The van der Waals surface area contributed by atoms with Crippen LogP contribution in [-0.4, -0.2) is 110 Å². The normalized spacial score (nSPS) is 36.3. The molecule has 6 N–H and O–H groups in total. The number of esters is 2. The van der Waals surface area contributed by atoms with Gasteiger partial charge in [-0.1, -0.05) is 45.9 Å². The van der Waals surface area contributed by atoms with Crippen molar-refractivity contribution in [3.63, 3.8) is 0 Å². The number of aliphatic hydroxyl groups excluding tert-OH is 3. The van der Waals surface area contributed by atoms with E-state index in [1.165, 1.54) is 44.4 Å². The number of aliphatic hydroxyl groups is 5. The first-order chi connectivity index (χ1) is 24.3. The van der Waals surface area contributed by atoms with Gasteiger partial charge in [-0.05, 0) is 55.2 Å². The lowest BCUT2D eigenvalue weighted by Crippen LogP contribution is -2.81. The minimum Gasteiger partial charge on any atom is -0.459 e. The number of ether oxygens (including phenoxy) is 3. The lowest BCUT2D eigenvalue weighted by atomic mass is 9.44. The van der Waals surface area contributed by atoms with Crippen LogP contribution in [0.5, 0.6) is 0 Å². The Morgan fingerprint density at radius 1 is 1.00 bits per heavy atom. The van der Waals surface area contributed by atoms with Crippen LogP contribution in [-0.2, 0) is 23.8 Å². The smallest absolute Gasteiger partial charge is 0.338 e. The van der Waals surface area contributed by atoms with Crippen molar-refractivity contribution >= 4 is 23.6 Å². The zero-order valence-electron chi connectivity index (χ0n) is 29.9. The molecule has 1 saturated heterocycles. The number of fused-ring (bicyclic) bond motifs is 5. The van der Waals surface area contributed by atoms with E-state index >= 15 is 0 Å². The van der Waals surface area contributed by atoms with Gasteiger partial charge in [-0.3, -0.25) is 9.59 Å². The number of ketones is 1. The summed E-state index contributed by atoms with van der Waals surface area (Å²) < 4.78 is 22.8. The zero-order chi connectivity index (χ0) is 38.1. The third kappa shape index (κ3) is 5.62. The summed E-state index contributed by atoms with van der Waals surface area (Å²) in [6.45, 7) is 9.04. The number of hydrogen-bond donors (Lipinski definition) is 6. The van der Waals surface area contributed by atoms with Crippen molar-refractivity contribution in [1.82, 2.24) is 5.32 Å². The van der Waals surface area contributed by atoms with E-state index in [0.29, 0.717) is 0 Å². The number of carbonyl (C=O) groups excluding carboxylic acids is 4. The summed E-state index contributed by atoms with van der Waals surface area (Å²) in [6, 6.07) is 9.67. The van der Waals surface area contributed by atoms with Crippen LogP contribution in [0.3, 0.4) is 0 Å². The highest BCUT2D eigenvalue weighted by molar-refractivity contribution is 5.94. The van der Waals surface area contributed by atoms with E-state index in [9.17, 15) is 44.7 Å². The average Bonchev–Trinajstić information content (AvgIpc) is 3.64. The van der Waals surface area contributed by atoms with Crippen molar-refractivity contribution in [2.75, 3.05) is 6.61 Å². The Morgan fingerprint density at radius 3 is 2.25 bits per heavy atom. The van der Waals surface area contributed by atoms with Crippen molar-refractivity contribution in [3.8, 4) is 0 Å². The molecule has 0 spiro atoms. The maximum Gasteiger partial charge on any atom is 0.338 e. The second kappa shape index (κ2) is 13.2. The van der Waals surface area contributed by atoms with Gasteiger partial charge in [0.25, 0.3) is 5.91 Å². The van der Waals surface area contributed by atoms with Gasteiger partial charge >= 0.3 is 11.9 Å². The standard InChI is InChI=1S/C38H47NO13/c1-18(2)26(39-32(44)21-13-10-14-49-21)28(42)34(46)51-22-16-38(48)31(52-33(45)20-11-8-7-9-12-20)29-36(6,23(40)15-24-37(29,47)17-50-24)30(43)27(41)25(19(22)3)35(38,4)5/h7-14,18,22-24,26-29,31,40-42,47-48H,15-17H2,1-6H3,(H,39,44)/t22?,23?,24?,26?,27?,28?,29?,31?,36-,37+,38?/m1/s1. The van der Waals surface area contributed by atoms with Gasteiger partial charge < -0.3 is 49.5 Å². The maximum atomic E-state index is 14.6. The summed E-state index contributed by atoms with van der Waals surface area (Å²) in [5.74, 6) is -5.66. The van der Waals surface area contributed by atoms with E-state index < -0.39 is 107 Å². The van der Waals surface area contributed by atoms with Gasteiger partial charge in [-0.2, -0.15) is 0 Å². The first kappa shape index (κ1) is 37.8. The molecule has 11 atom stereocenters. The van der Waals surface area contributed by atoms with Crippen LogP contribution < -0.4 is 5.32 Å². The number of carbonyl (C=O) groups is 4. The summed E-state index contributed by atoms with van der Waals surface area (Å²) in [7, 11) is 0. The van der Waals surface area contributed by atoms with E-state index in [2.05, 4.69) is 5.32 Å². The van der Waals surface area contributed by atoms with Crippen molar-refractivity contribution in [2.24, 2.45) is 22.7 Å². The molecule has 1 aromatic carbocycles. The first-order valence-electron chi connectivity index (χ1n) is 17.5. The highest BCUT2D eigenvalue weighted by atomic mass is 16.6. The molecule has 0 radical (unpaired) electrons. The predicted molar refractivity (Wildman–Crippen MR) is 180 cm³/mol. The molecule has 2 saturated carbocycles. The second-order valence-electron chi connectivity index (χ2n) is 15.7. The Bertz CT molecular complexity index is 1750. The van der Waals surface area contributed by atoms with Gasteiger partial charge in [0.15, 0.2) is 17.6 Å². The van der Waals surface area contributed by atoms with Gasteiger partial charge in [0, 0.05) is 24.2 Å². The van der Waals surface area contributed by atoms with Crippen LogP contribution in [0.4, 0.5) is 0 Å². The number of hydrogen-bond acceptors (Lipinski definition) is 13. The van der Waals surface area contributed by atoms with Crippen molar-refractivity contribution in [3.05, 3.63) is 71.2 Å². The molecule has 2 aromatic rings. The zero-order valence-corrected chi connectivity index (χ0v) is 29.9. The average molecular weight is 726 g/mol. The molecule has 4 aliphatic rings. The van der Waals surface area contributed by atoms with Crippen LogP contribution in [0.25, 0.3) is 0 Å². The molecule has 3 aliphatic carbocycles. The minimum absolute atomic E-state index is 0.0309. The molecule has 1 amide bonds. The Hall–Kier alpha value is -3.92. The Labute approximate surface area is 300 Å². The molecule has 52 heavy (non-hydrogen) atoms. The van der Waals surface area contributed by atoms with E-state index in [1.807, 2.05) is 0 Å². The maximum absolute atomic E-state index is 14.6. The fourth-order valence-electron chi connectivity index (χ4n) is 8.97. The number of furan rings is 1. The van der Waals surface area contributed by atoms with Gasteiger partial charge in [-0.15, -0.1) is 0 Å². The summed E-state index contributed by atoms with van der Waals surface area (Å²) in [6.07, 6.45) is -8.81. The quantitative estimate of drug-likeness (QED) is 0.168. The SMILES string of the molecule is CC1=C2C(O)C(=O)[C@]3(C)C(O)CC4OC[C@@]4(O)C3C(OC(=O)c3ccccc3)C(O)(CC1OC(=O)C(O)C(NC(=O)c1ccco1)C(C)C)C2(C)C. The Balaban J connectivity index is 1.44. The number of rotatable bonds is 8. The van der Waals surface area contributed by atoms with E-state index in [-0.39, 0.29) is 35.5 Å². The minimum atomic E-state index is -2.28.